The lowest BCUT2D eigenvalue weighted by atomic mass is 9.93. The van der Waals surface area contributed by atoms with Crippen LogP contribution in [0.25, 0.3) is 0 Å². The zero-order valence-corrected chi connectivity index (χ0v) is 15.7. The Morgan fingerprint density at radius 3 is 2.23 bits per heavy atom. The molecule has 0 spiro atoms. The Labute approximate surface area is 152 Å². The first kappa shape index (κ1) is 18.3. The van der Waals surface area contributed by atoms with Crippen molar-refractivity contribution >= 4 is 5.97 Å². The van der Waals surface area contributed by atoms with Gasteiger partial charge in [-0.3, -0.25) is 4.79 Å². The summed E-state index contributed by atoms with van der Waals surface area (Å²) in [5.41, 5.74) is 0. The van der Waals surface area contributed by atoms with Crippen molar-refractivity contribution in [3.63, 3.8) is 0 Å². The summed E-state index contributed by atoms with van der Waals surface area (Å²) in [6, 6.07) is 0. The van der Waals surface area contributed by atoms with Crippen LogP contribution in [0.4, 0.5) is 0 Å². The fourth-order valence-electron chi connectivity index (χ4n) is 3.98. The van der Waals surface area contributed by atoms with E-state index in [2.05, 4.69) is 0 Å². The average molecular weight is 370 g/mol. The van der Waals surface area contributed by atoms with E-state index in [1.807, 2.05) is 33.8 Å². The molecule has 3 fully saturated rings. The quantitative estimate of drug-likeness (QED) is 0.536. The van der Waals surface area contributed by atoms with Gasteiger partial charge in [-0.2, -0.15) is 0 Å². The van der Waals surface area contributed by atoms with E-state index in [4.69, 9.17) is 33.2 Å². The number of ether oxygens (including phenoxy) is 7. The molecule has 8 heteroatoms. The number of hydrogen-bond donors (Lipinski definition) is 0. The van der Waals surface area contributed by atoms with E-state index in [0.717, 1.165) is 0 Å². The molecule has 0 N–H and O–H groups in total. The Morgan fingerprint density at radius 2 is 1.54 bits per heavy atom. The van der Waals surface area contributed by atoms with E-state index in [1.54, 1.807) is 6.08 Å². The number of carbonyl (C=O) groups excluding carboxylic acids is 1. The van der Waals surface area contributed by atoms with E-state index >= 15 is 0 Å². The Balaban J connectivity index is 1.56. The maximum absolute atomic E-state index is 11.2. The molecule has 4 heterocycles. The van der Waals surface area contributed by atoms with Gasteiger partial charge in [0, 0.05) is 6.92 Å². The van der Waals surface area contributed by atoms with Gasteiger partial charge < -0.3 is 33.2 Å². The van der Waals surface area contributed by atoms with Crippen molar-refractivity contribution in [3.8, 4) is 0 Å². The second-order valence-corrected chi connectivity index (χ2v) is 7.95. The smallest absolute Gasteiger partial charge is 0.305 e. The molecule has 3 saturated heterocycles. The summed E-state index contributed by atoms with van der Waals surface area (Å²) in [6.45, 7) is 8.76. The largest absolute Gasteiger partial charge is 0.432 e. The Morgan fingerprint density at radius 1 is 0.923 bits per heavy atom. The number of rotatable bonds is 2. The fourth-order valence-corrected chi connectivity index (χ4v) is 3.98. The standard InChI is InChI=1S/C18H26O8/c1-9(19)20-11-8-6-7-10(21-11)12-13-14(24-17(2,3)23-13)15-16(22-12)26-18(4,5)25-15/h6,8,10-16H,7H2,1-5H3/t10-,11?,12-,13+,14+,15-,16-/m1/s1. The Bertz CT molecular complexity index is 600. The normalized spacial score (nSPS) is 45.8. The van der Waals surface area contributed by atoms with Crippen LogP contribution in [0.15, 0.2) is 12.2 Å². The maximum atomic E-state index is 11.2. The molecule has 0 aromatic rings. The first-order chi connectivity index (χ1) is 12.1. The molecule has 0 amide bonds. The molecule has 0 saturated carbocycles. The average Bonchev–Trinajstić information content (AvgIpc) is 3.00. The maximum Gasteiger partial charge on any atom is 0.305 e. The van der Waals surface area contributed by atoms with Crippen molar-refractivity contribution in [1.82, 2.24) is 0 Å². The summed E-state index contributed by atoms with van der Waals surface area (Å²) in [5, 5.41) is 0. The molecule has 7 atom stereocenters. The summed E-state index contributed by atoms with van der Waals surface area (Å²) < 4.78 is 41.4. The second kappa shape index (κ2) is 6.25. The molecule has 4 rings (SSSR count). The highest BCUT2D eigenvalue weighted by molar-refractivity contribution is 5.66. The third kappa shape index (κ3) is 3.42. The Hall–Kier alpha value is -1.03. The highest BCUT2D eigenvalue weighted by atomic mass is 16.9. The van der Waals surface area contributed by atoms with Crippen molar-refractivity contribution in [2.45, 2.75) is 95.7 Å². The lowest BCUT2D eigenvalue weighted by Crippen LogP contribution is -2.59. The predicted octanol–water partition coefficient (Wildman–Crippen LogP) is 1.62. The van der Waals surface area contributed by atoms with Crippen LogP contribution in [0.5, 0.6) is 0 Å². The third-order valence-electron chi connectivity index (χ3n) is 4.81. The van der Waals surface area contributed by atoms with E-state index in [1.165, 1.54) is 6.92 Å². The minimum atomic E-state index is -0.765. The van der Waals surface area contributed by atoms with Crippen LogP contribution in [0.3, 0.4) is 0 Å². The van der Waals surface area contributed by atoms with Crippen LogP contribution in [0.2, 0.25) is 0 Å². The molecule has 0 aliphatic carbocycles. The molecular weight excluding hydrogens is 344 g/mol. The van der Waals surface area contributed by atoms with Crippen molar-refractivity contribution in [1.29, 1.82) is 0 Å². The van der Waals surface area contributed by atoms with E-state index in [-0.39, 0.29) is 24.4 Å². The summed E-state index contributed by atoms with van der Waals surface area (Å²) in [4.78, 5) is 11.2. The molecule has 1 unspecified atom stereocenters. The molecule has 8 nitrogen and oxygen atoms in total. The monoisotopic (exact) mass is 370 g/mol. The molecule has 4 aliphatic rings. The zero-order valence-electron chi connectivity index (χ0n) is 15.7. The van der Waals surface area contributed by atoms with Crippen LogP contribution >= 0.6 is 0 Å². The SMILES string of the molecule is CC(=O)OC1C=CC[C@H]([C@H]2O[C@@H]3OC(C)(C)O[C@@H]3[C@H]3OC(C)(C)O[C@H]32)O1. The molecule has 0 aromatic carbocycles. The van der Waals surface area contributed by atoms with Crippen LogP contribution in [0, 0.1) is 0 Å². The summed E-state index contributed by atoms with van der Waals surface area (Å²) in [5.74, 6) is -1.93. The van der Waals surface area contributed by atoms with Gasteiger partial charge in [0.25, 0.3) is 0 Å². The van der Waals surface area contributed by atoms with Gasteiger partial charge in [0.05, 0.1) is 6.10 Å². The van der Waals surface area contributed by atoms with Crippen molar-refractivity contribution < 1.29 is 38.0 Å². The number of fused-ring (bicyclic) bond motifs is 3. The molecular formula is C18H26O8. The van der Waals surface area contributed by atoms with Crippen molar-refractivity contribution in [2.75, 3.05) is 0 Å². The topological polar surface area (TPSA) is 81.7 Å². The summed E-state index contributed by atoms with van der Waals surface area (Å²) >= 11 is 0. The first-order valence-corrected chi connectivity index (χ1v) is 9.00. The third-order valence-corrected chi connectivity index (χ3v) is 4.81. The van der Waals surface area contributed by atoms with Crippen LogP contribution in [-0.2, 0) is 38.0 Å². The Kier molecular flexibility index (Phi) is 4.41. The summed E-state index contributed by atoms with van der Waals surface area (Å²) in [7, 11) is 0. The molecule has 146 valence electrons. The van der Waals surface area contributed by atoms with Gasteiger partial charge in [-0.25, -0.2) is 0 Å². The number of esters is 1. The molecule has 0 bridgehead atoms. The summed E-state index contributed by atoms with van der Waals surface area (Å²) in [6.07, 6.45) is 1.04. The minimum Gasteiger partial charge on any atom is -0.432 e. The predicted molar refractivity (Wildman–Crippen MR) is 86.7 cm³/mol. The van der Waals surface area contributed by atoms with E-state index in [9.17, 15) is 4.79 Å². The minimum absolute atomic E-state index is 0.336. The van der Waals surface area contributed by atoms with Gasteiger partial charge in [0.15, 0.2) is 17.9 Å². The highest BCUT2D eigenvalue weighted by Crippen LogP contribution is 2.45. The van der Waals surface area contributed by atoms with Gasteiger partial charge >= 0.3 is 5.97 Å². The fraction of sp³-hybridized carbons (Fsp3) is 0.833. The van der Waals surface area contributed by atoms with E-state index < -0.39 is 36.2 Å². The lowest BCUT2D eigenvalue weighted by Gasteiger charge is -2.41. The molecule has 26 heavy (non-hydrogen) atoms. The zero-order chi connectivity index (χ0) is 18.7. The van der Waals surface area contributed by atoms with Crippen LogP contribution in [0.1, 0.15) is 41.0 Å². The van der Waals surface area contributed by atoms with E-state index in [0.29, 0.717) is 6.42 Å². The first-order valence-electron chi connectivity index (χ1n) is 9.00. The van der Waals surface area contributed by atoms with Crippen molar-refractivity contribution in [2.24, 2.45) is 0 Å². The highest BCUT2D eigenvalue weighted by Gasteiger charge is 2.62. The second-order valence-electron chi connectivity index (χ2n) is 7.95. The molecule has 4 aliphatic heterocycles. The number of hydrogen-bond acceptors (Lipinski definition) is 8. The molecule has 0 aromatic heterocycles. The van der Waals surface area contributed by atoms with Crippen molar-refractivity contribution in [3.05, 3.63) is 12.2 Å². The van der Waals surface area contributed by atoms with Crippen LogP contribution < -0.4 is 0 Å². The number of carbonyl (C=O) groups is 1. The van der Waals surface area contributed by atoms with Gasteiger partial charge in [0.1, 0.15) is 24.4 Å². The molecule has 0 radical (unpaired) electrons. The van der Waals surface area contributed by atoms with Gasteiger partial charge in [-0.1, -0.05) is 6.08 Å². The lowest BCUT2D eigenvalue weighted by molar-refractivity contribution is -0.271. The van der Waals surface area contributed by atoms with Gasteiger partial charge in [-0.15, -0.1) is 0 Å². The van der Waals surface area contributed by atoms with Gasteiger partial charge in [-0.05, 0) is 40.2 Å². The van der Waals surface area contributed by atoms with Crippen LogP contribution in [-0.4, -0.2) is 60.6 Å². The van der Waals surface area contributed by atoms with Gasteiger partial charge in [0.2, 0.25) is 6.29 Å².